The molecule has 27 heavy (non-hydrogen) atoms. The number of carbonyl (C=O) groups is 1. The van der Waals surface area contributed by atoms with Crippen LogP contribution < -0.4 is 14.8 Å². The largest absolute Gasteiger partial charge is 0.497 e. The summed E-state index contributed by atoms with van der Waals surface area (Å²) in [7, 11) is 3.15. The highest BCUT2D eigenvalue weighted by Crippen LogP contribution is 2.32. The van der Waals surface area contributed by atoms with Gasteiger partial charge in [0.15, 0.2) is 11.3 Å². The normalized spacial score (nSPS) is 11.7. The summed E-state index contributed by atoms with van der Waals surface area (Å²) >= 11 is 6.28. The average Bonchev–Trinajstić information content (AvgIpc) is 3.12. The summed E-state index contributed by atoms with van der Waals surface area (Å²) in [6.07, 6.45) is 4.53. The third-order valence-corrected chi connectivity index (χ3v) is 4.10. The molecule has 138 valence electrons. The van der Waals surface area contributed by atoms with Gasteiger partial charge >= 0.3 is 0 Å². The van der Waals surface area contributed by atoms with Gasteiger partial charge in [-0.05, 0) is 30.3 Å². The monoisotopic (exact) mass is 383 g/mol. The summed E-state index contributed by atoms with van der Waals surface area (Å²) in [5, 5.41) is 4.01. The third-order valence-electron chi connectivity index (χ3n) is 3.79. The molecule has 6 heteroatoms. The number of anilines is 1. The molecule has 3 aromatic rings. The van der Waals surface area contributed by atoms with Gasteiger partial charge in [0.2, 0.25) is 5.91 Å². The van der Waals surface area contributed by atoms with E-state index in [1.807, 2.05) is 24.3 Å². The second-order valence-electron chi connectivity index (χ2n) is 5.58. The first-order valence-corrected chi connectivity index (χ1v) is 8.54. The number of carbonyl (C=O) groups excluding carboxylic acids is 1. The maximum Gasteiger partial charge on any atom is 0.248 e. The van der Waals surface area contributed by atoms with Crippen LogP contribution in [0.2, 0.25) is 0 Å². The maximum absolute atomic E-state index is 12.0. The fourth-order valence-electron chi connectivity index (χ4n) is 2.50. The molecule has 5 nitrogen and oxygen atoms in total. The Kier molecular flexibility index (Phi) is 5.84. The van der Waals surface area contributed by atoms with Crippen LogP contribution in [0.4, 0.5) is 5.69 Å². The van der Waals surface area contributed by atoms with Crippen LogP contribution in [0.1, 0.15) is 5.76 Å². The molecule has 3 rings (SSSR count). The van der Waals surface area contributed by atoms with Crippen molar-refractivity contribution in [1.29, 1.82) is 0 Å². The summed E-state index contributed by atoms with van der Waals surface area (Å²) in [5.74, 6) is 1.51. The minimum Gasteiger partial charge on any atom is -0.497 e. The molecule has 1 aromatic heterocycles. The minimum atomic E-state index is -0.282. The van der Waals surface area contributed by atoms with Crippen molar-refractivity contribution in [3.05, 3.63) is 72.5 Å². The SMILES string of the molecule is COc1cccc(NC(=O)/C=C/C=C(\Cl)c2cc3cccc(OC)c3o2)c1. The van der Waals surface area contributed by atoms with Gasteiger partial charge in [0.1, 0.15) is 11.5 Å². The third kappa shape index (κ3) is 4.51. The molecule has 1 heterocycles. The zero-order valence-electron chi connectivity index (χ0n) is 14.9. The van der Waals surface area contributed by atoms with Crippen molar-refractivity contribution < 1.29 is 18.7 Å². The molecular weight excluding hydrogens is 366 g/mol. The molecule has 0 saturated heterocycles. The van der Waals surface area contributed by atoms with E-state index in [1.165, 1.54) is 6.08 Å². The summed E-state index contributed by atoms with van der Waals surface area (Å²) in [6.45, 7) is 0. The lowest BCUT2D eigenvalue weighted by molar-refractivity contribution is -0.111. The molecule has 0 aliphatic rings. The zero-order chi connectivity index (χ0) is 19.2. The second-order valence-corrected chi connectivity index (χ2v) is 5.99. The number of nitrogens with one attached hydrogen (secondary N) is 1. The number of amides is 1. The molecule has 0 bridgehead atoms. The number of para-hydroxylation sites is 1. The lowest BCUT2D eigenvalue weighted by Gasteiger charge is -2.04. The van der Waals surface area contributed by atoms with Crippen LogP contribution >= 0.6 is 11.6 Å². The number of rotatable bonds is 6. The Balaban J connectivity index is 1.70. The molecule has 0 fully saturated rings. The molecule has 1 N–H and O–H groups in total. The predicted molar refractivity (Wildman–Crippen MR) is 107 cm³/mol. The summed E-state index contributed by atoms with van der Waals surface area (Å²) in [5.41, 5.74) is 1.27. The Labute approximate surface area is 161 Å². The fourth-order valence-corrected chi connectivity index (χ4v) is 2.67. The van der Waals surface area contributed by atoms with E-state index in [0.717, 1.165) is 5.39 Å². The lowest BCUT2D eigenvalue weighted by atomic mass is 10.2. The van der Waals surface area contributed by atoms with E-state index in [2.05, 4.69) is 5.32 Å². The Morgan fingerprint density at radius 3 is 2.70 bits per heavy atom. The Morgan fingerprint density at radius 2 is 1.93 bits per heavy atom. The Morgan fingerprint density at radius 1 is 1.11 bits per heavy atom. The highest BCUT2D eigenvalue weighted by Gasteiger charge is 2.10. The van der Waals surface area contributed by atoms with Crippen LogP contribution in [0, 0.1) is 0 Å². The number of halogens is 1. The topological polar surface area (TPSA) is 60.7 Å². The summed E-state index contributed by atoms with van der Waals surface area (Å²) < 4.78 is 16.2. The average molecular weight is 384 g/mol. The van der Waals surface area contributed by atoms with Crippen LogP contribution in [0.15, 0.2) is 71.2 Å². The van der Waals surface area contributed by atoms with Gasteiger partial charge in [-0.15, -0.1) is 0 Å². The van der Waals surface area contributed by atoms with Crippen molar-refractivity contribution in [1.82, 2.24) is 0 Å². The number of fused-ring (bicyclic) bond motifs is 1. The molecule has 0 aliphatic carbocycles. The number of allylic oxidation sites excluding steroid dienone is 2. The van der Waals surface area contributed by atoms with Crippen LogP contribution in [-0.2, 0) is 4.79 Å². The fraction of sp³-hybridized carbons (Fsp3) is 0.0952. The first-order valence-electron chi connectivity index (χ1n) is 8.16. The van der Waals surface area contributed by atoms with Gasteiger partial charge in [-0.2, -0.15) is 0 Å². The number of hydrogen-bond acceptors (Lipinski definition) is 4. The zero-order valence-corrected chi connectivity index (χ0v) is 15.6. The van der Waals surface area contributed by atoms with E-state index in [4.69, 9.17) is 25.5 Å². The van der Waals surface area contributed by atoms with Crippen LogP contribution in [0.3, 0.4) is 0 Å². The number of benzene rings is 2. The van der Waals surface area contributed by atoms with E-state index < -0.39 is 0 Å². The van der Waals surface area contributed by atoms with Crippen LogP contribution in [0.5, 0.6) is 11.5 Å². The van der Waals surface area contributed by atoms with Crippen LogP contribution in [0.25, 0.3) is 16.0 Å². The van der Waals surface area contributed by atoms with Crippen molar-refractivity contribution in [2.45, 2.75) is 0 Å². The highest BCUT2D eigenvalue weighted by atomic mass is 35.5. The van der Waals surface area contributed by atoms with Crippen molar-refractivity contribution in [2.75, 3.05) is 19.5 Å². The Hall–Kier alpha value is -3.18. The van der Waals surface area contributed by atoms with Gasteiger partial charge < -0.3 is 19.2 Å². The molecule has 0 saturated carbocycles. The van der Waals surface area contributed by atoms with Gasteiger partial charge in [0, 0.05) is 23.2 Å². The number of methoxy groups -OCH3 is 2. The standard InChI is InChI=1S/C21H18ClNO4/c1-25-16-8-4-7-15(13-16)23-20(24)11-5-9-17(22)19-12-14-6-3-10-18(26-2)21(14)27-19/h3-13H,1-2H3,(H,23,24)/b11-5+,17-9-. The number of furan rings is 1. The second kappa shape index (κ2) is 8.47. The molecule has 2 aromatic carbocycles. The highest BCUT2D eigenvalue weighted by molar-refractivity contribution is 6.48. The van der Waals surface area contributed by atoms with E-state index in [0.29, 0.717) is 33.6 Å². The molecule has 0 atom stereocenters. The van der Waals surface area contributed by atoms with Crippen molar-refractivity contribution in [2.24, 2.45) is 0 Å². The van der Waals surface area contributed by atoms with Gasteiger partial charge in [0.05, 0.1) is 19.3 Å². The molecule has 0 radical (unpaired) electrons. The quantitative estimate of drug-likeness (QED) is 0.468. The smallest absolute Gasteiger partial charge is 0.248 e. The Bertz CT molecular complexity index is 1020. The van der Waals surface area contributed by atoms with E-state index in [-0.39, 0.29) is 5.91 Å². The number of hydrogen-bond donors (Lipinski definition) is 1. The van der Waals surface area contributed by atoms with Gasteiger partial charge in [-0.3, -0.25) is 4.79 Å². The van der Waals surface area contributed by atoms with E-state index >= 15 is 0 Å². The lowest BCUT2D eigenvalue weighted by Crippen LogP contribution is -2.07. The molecule has 0 unspecified atom stereocenters. The van der Waals surface area contributed by atoms with Gasteiger partial charge in [-0.1, -0.05) is 35.9 Å². The van der Waals surface area contributed by atoms with Crippen molar-refractivity contribution >= 4 is 39.2 Å². The van der Waals surface area contributed by atoms with E-state index in [1.54, 1.807) is 50.6 Å². The number of ether oxygens (including phenoxy) is 2. The van der Waals surface area contributed by atoms with E-state index in [9.17, 15) is 4.79 Å². The van der Waals surface area contributed by atoms with Gasteiger partial charge in [-0.25, -0.2) is 0 Å². The molecule has 0 spiro atoms. The van der Waals surface area contributed by atoms with Crippen LogP contribution in [-0.4, -0.2) is 20.1 Å². The first kappa shape index (κ1) is 18.6. The maximum atomic E-state index is 12.0. The minimum absolute atomic E-state index is 0.282. The first-order chi connectivity index (χ1) is 13.1. The van der Waals surface area contributed by atoms with Crippen molar-refractivity contribution in [3.63, 3.8) is 0 Å². The molecule has 0 aliphatic heterocycles. The molecular formula is C21H18ClNO4. The van der Waals surface area contributed by atoms with Gasteiger partial charge in [0.25, 0.3) is 0 Å². The summed E-state index contributed by atoms with van der Waals surface area (Å²) in [4.78, 5) is 12.0. The van der Waals surface area contributed by atoms with Crippen molar-refractivity contribution in [3.8, 4) is 11.5 Å². The molecule has 1 amide bonds. The predicted octanol–water partition coefficient (Wildman–Crippen LogP) is 5.22. The summed E-state index contributed by atoms with van der Waals surface area (Å²) in [6, 6.07) is 14.5.